The molecule has 2 aromatic carbocycles. The summed E-state index contributed by atoms with van der Waals surface area (Å²) in [6.07, 6.45) is 4.89. The fourth-order valence-electron chi connectivity index (χ4n) is 4.02. The normalized spacial score (nSPS) is 15.1. The predicted molar refractivity (Wildman–Crippen MR) is 137 cm³/mol. The van der Waals surface area contributed by atoms with Crippen LogP contribution in [0.15, 0.2) is 60.9 Å². The van der Waals surface area contributed by atoms with Gasteiger partial charge in [0.05, 0.1) is 32.0 Å². The summed E-state index contributed by atoms with van der Waals surface area (Å²) in [5.74, 6) is 1.61. The monoisotopic (exact) mass is 506 g/mol. The van der Waals surface area contributed by atoms with Gasteiger partial charge in [-0.25, -0.2) is 4.98 Å². The van der Waals surface area contributed by atoms with Crippen LogP contribution < -0.4 is 24.4 Å². The number of nitrogens with one attached hydrogen (secondary N) is 1. The highest BCUT2D eigenvalue weighted by molar-refractivity contribution is 5.91. The number of ether oxygens (including phenoxy) is 3. The standard InChI is InChI=1S/C27H30N4O6/c1-2-35-22-7-3-4-8-23(22)37-21-6-5-13-31(17-21)25-16-28-15-24(29-25)30-26(32)18-36-20-11-9-19(10-12-20)14-27(33)34/h3-4,7-12,15-16,21H,2,5-6,13-14,17-18H2,1H3,(H,33,34)(H,29,30,32). The molecular formula is C27H30N4O6. The summed E-state index contributed by atoms with van der Waals surface area (Å²) >= 11 is 0. The summed E-state index contributed by atoms with van der Waals surface area (Å²) in [6, 6.07) is 14.2. The van der Waals surface area contributed by atoms with Crippen molar-refractivity contribution >= 4 is 23.5 Å². The van der Waals surface area contributed by atoms with Gasteiger partial charge in [-0.15, -0.1) is 0 Å². The zero-order valence-electron chi connectivity index (χ0n) is 20.6. The highest BCUT2D eigenvalue weighted by Gasteiger charge is 2.24. The fraction of sp³-hybridized carbons (Fsp3) is 0.333. The van der Waals surface area contributed by atoms with Crippen molar-refractivity contribution in [3.05, 3.63) is 66.5 Å². The van der Waals surface area contributed by atoms with Crippen LogP contribution in [-0.2, 0) is 16.0 Å². The van der Waals surface area contributed by atoms with E-state index in [2.05, 4.69) is 20.2 Å². The predicted octanol–water partition coefficient (Wildman–Crippen LogP) is 3.57. The van der Waals surface area contributed by atoms with Crippen molar-refractivity contribution in [3.63, 3.8) is 0 Å². The maximum atomic E-state index is 12.4. The third kappa shape index (κ3) is 7.57. The highest BCUT2D eigenvalue weighted by atomic mass is 16.5. The summed E-state index contributed by atoms with van der Waals surface area (Å²) in [6.45, 7) is 3.73. The van der Waals surface area contributed by atoms with Gasteiger partial charge in [0.15, 0.2) is 23.9 Å². The van der Waals surface area contributed by atoms with Crippen LogP contribution >= 0.6 is 0 Å². The Hall–Kier alpha value is -4.34. The second kappa shape index (κ2) is 12.6. The summed E-state index contributed by atoms with van der Waals surface area (Å²) in [4.78, 5) is 34.1. The molecule has 3 aromatic rings. The van der Waals surface area contributed by atoms with E-state index in [1.54, 1.807) is 30.5 Å². The number of hydrogen-bond donors (Lipinski definition) is 2. The van der Waals surface area contributed by atoms with E-state index in [9.17, 15) is 9.59 Å². The molecule has 0 bridgehead atoms. The van der Waals surface area contributed by atoms with E-state index in [0.29, 0.717) is 36.1 Å². The Labute approximate surface area is 215 Å². The highest BCUT2D eigenvalue weighted by Crippen LogP contribution is 2.30. The van der Waals surface area contributed by atoms with Crippen molar-refractivity contribution < 1.29 is 28.9 Å². The number of carbonyl (C=O) groups is 2. The number of rotatable bonds is 11. The lowest BCUT2D eigenvalue weighted by molar-refractivity contribution is -0.136. The second-order valence-electron chi connectivity index (χ2n) is 8.52. The summed E-state index contributed by atoms with van der Waals surface area (Å²) in [5.41, 5.74) is 0.653. The van der Waals surface area contributed by atoms with E-state index in [1.165, 1.54) is 6.20 Å². The van der Waals surface area contributed by atoms with Gasteiger partial charge in [-0.1, -0.05) is 24.3 Å². The number of amides is 1. The lowest BCUT2D eigenvalue weighted by Gasteiger charge is -2.33. The Kier molecular flexibility index (Phi) is 8.75. The molecule has 1 aromatic heterocycles. The van der Waals surface area contributed by atoms with Gasteiger partial charge in [0.2, 0.25) is 0 Å². The lowest BCUT2D eigenvalue weighted by Crippen LogP contribution is -2.41. The SMILES string of the molecule is CCOc1ccccc1OC1CCCN(c2cncc(NC(=O)COc3ccc(CC(=O)O)cc3)n2)C1. The third-order valence-electron chi connectivity index (χ3n) is 5.68. The number of nitrogens with zero attached hydrogens (tertiary/aromatic N) is 3. The van der Waals surface area contributed by atoms with Crippen LogP contribution in [0.1, 0.15) is 25.3 Å². The number of para-hydroxylation sites is 2. The van der Waals surface area contributed by atoms with Gasteiger partial charge in [0.25, 0.3) is 5.91 Å². The molecule has 0 spiro atoms. The van der Waals surface area contributed by atoms with Gasteiger partial charge in [-0.3, -0.25) is 14.6 Å². The summed E-state index contributed by atoms with van der Waals surface area (Å²) in [5, 5.41) is 11.6. The van der Waals surface area contributed by atoms with E-state index < -0.39 is 5.97 Å². The minimum Gasteiger partial charge on any atom is -0.490 e. The number of carbonyl (C=O) groups excluding carboxylic acids is 1. The summed E-state index contributed by atoms with van der Waals surface area (Å²) in [7, 11) is 0. The molecule has 2 heterocycles. The molecule has 4 rings (SSSR count). The number of hydrogen-bond acceptors (Lipinski definition) is 8. The molecule has 10 heteroatoms. The molecule has 10 nitrogen and oxygen atoms in total. The first-order valence-corrected chi connectivity index (χ1v) is 12.2. The van der Waals surface area contributed by atoms with Gasteiger partial charge >= 0.3 is 5.97 Å². The van der Waals surface area contributed by atoms with Gasteiger partial charge in [0.1, 0.15) is 17.7 Å². The van der Waals surface area contributed by atoms with Gasteiger partial charge in [0, 0.05) is 6.54 Å². The van der Waals surface area contributed by atoms with E-state index in [4.69, 9.17) is 19.3 Å². The van der Waals surface area contributed by atoms with E-state index in [-0.39, 0.29) is 25.0 Å². The quantitative estimate of drug-likeness (QED) is 0.402. The second-order valence-corrected chi connectivity index (χ2v) is 8.52. The first-order valence-electron chi connectivity index (χ1n) is 12.2. The van der Waals surface area contributed by atoms with Crippen LogP contribution in [0.25, 0.3) is 0 Å². The van der Waals surface area contributed by atoms with Crippen LogP contribution in [0, 0.1) is 0 Å². The Morgan fingerprint density at radius 1 is 1.08 bits per heavy atom. The zero-order valence-corrected chi connectivity index (χ0v) is 20.6. The van der Waals surface area contributed by atoms with Crippen LogP contribution in [0.4, 0.5) is 11.6 Å². The van der Waals surface area contributed by atoms with Gasteiger partial charge in [-0.05, 0) is 49.6 Å². The molecule has 1 aliphatic rings. The van der Waals surface area contributed by atoms with Crippen LogP contribution in [0.3, 0.4) is 0 Å². The van der Waals surface area contributed by atoms with Crippen LogP contribution in [0.2, 0.25) is 0 Å². The minimum absolute atomic E-state index is 0.0364. The molecule has 1 fully saturated rings. The molecule has 0 radical (unpaired) electrons. The average Bonchev–Trinajstić information content (AvgIpc) is 2.90. The fourth-order valence-corrected chi connectivity index (χ4v) is 4.02. The Balaban J connectivity index is 1.31. The van der Waals surface area contributed by atoms with Gasteiger partial charge in [-0.2, -0.15) is 0 Å². The van der Waals surface area contributed by atoms with Crippen molar-refractivity contribution in [1.29, 1.82) is 0 Å². The first-order chi connectivity index (χ1) is 18.0. The van der Waals surface area contributed by atoms with Crippen molar-refractivity contribution in [1.82, 2.24) is 9.97 Å². The Bertz CT molecular complexity index is 1200. The number of anilines is 2. The molecular weight excluding hydrogens is 476 g/mol. The summed E-state index contributed by atoms with van der Waals surface area (Å²) < 4.78 is 17.4. The number of piperidine rings is 1. The number of carboxylic acids is 1. The molecule has 194 valence electrons. The molecule has 37 heavy (non-hydrogen) atoms. The molecule has 1 unspecified atom stereocenters. The van der Waals surface area contributed by atoms with E-state index in [1.807, 2.05) is 31.2 Å². The third-order valence-corrected chi connectivity index (χ3v) is 5.68. The van der Waals surface area contributed by atoms with Gasteiger partial charge < -0.3 is 29.5 Å². The maximum absolute atomic E-state index is 12.4. The Morgan fingerprint density at radius 3 is 2.62 bits per heavy atom. The van der Waals surface area contributed by atoms with E-state index in [0.717, 1.165) is 30.9 Å². The Morgan fingerprint density at radius 2 is 1.86 bits per heavy atom. The van der Waals surface area contributed by atoms with E-state index >= 15 is 0 Å². The molecule has 1 amide bonds. The van der Waals surface area contributed by atoms with Crippen molar-refractivity contribution in [2.24, 2.45) is 0 Å². The number of benzene rings is 2. The molecule has 0 saturated carbocycles. The molecule has 0 aliphatic carbocycles. The van der Waals surface area contributed by atoms with Crippen molar-refractivity contribution in [2.75, 3.05) is 36.5 Å². The number of carboxylic acid groups (broad SMARTS) is 1. The molecule has 1 atom stereocenters. The smallest absolute Gasteiger partial charge is 0.307 e. The van der Waals surface area contributed by atoms with Crippen LogP contribution in [0.5, 0.6) is 17.2 Å². The molecule has 1 aliphatic heterocycles. The maximum Gasteiger partial charge on any atom is 0.307 e. The van der Waals surface area contributed by atoms with Crippen LogP contribution in [-0.4, -0.2) is 59.4 Å². The largest absolute Gasteiger partial charge is 0.490 e. The minimum atomic E-state index is -0.907. The number of aliphatic carboxylic acids is 1. The average molecular weight is 507 g/mol. The molecule has 1 saturated heterocycles. The topological polar surface area (TPSA) is 123 Å². The van der Waals surface area contributed by atoms with Crippen molar-refractivity contribution in [2.45, 2.75) is 32.3 Å². The number of aromatic nitrogens is 2. The first kappa shape index (κ1) is 25.7. The molecule has 2 N–H and O–H groups in total. The van der Waals surface area contributed by atoms with Crippen molar-refractivity contribution in [3.8, 4) is 17.2 Å². The lowest BCUT2D eigenvalue weighted by atomic mass is 10.1. The zero-order chi connectivity index (χ0) is 26.0.